The minimum absolute atomic E-state index is 0.0102. The molecule has 0 aliphatic heterocycles. The minimum Gasteiger partial charge on any atom is -0.455 e. The number of fused-ring (bicyclic) bond motifs is 1. The molecule has 0 unspecified atom stereocenters. The summed E-state index contributed by atoms with van der Waals surface area (Å²) >= 11 is 0. The molecule has 25 heavy (non-hydrogen) atoms. The molecular formula is C20H21FN2O2. The molecule has 5 heteroatoms. The molecule has 130 valence electrons. The highest BCUT2D eigenvalue weighted by Gasteiger charge is 2.64. The van der Waals surface area contributed by atoms with Crippen LogP contribution < -0.4 is 5.43 Å². The van der Waals surface area contributed by atoms with Crippen molar-refractivity contribution in [1.29, 1.82) is 0 Å². The van der Waals surface area contributed by atoms with Crippen LogP contribution in [0.5, 0.6) is 0 Å². The SMILES string of the molecule is C[C@]12CCCC[C@H]1[C@@H]2C(=O)N/N=C\c1ccc(-c2ccc(F)cc2)o1. The van der Waals surface area contributed by atoms with E-state index in [0.29, 0.717) is 17.4 Å². The summed E-state index contributed by atoms with van der Waals surface area (Å²) in [6.07, 6.45) is 6.24. The maximum Gasteiger partial charge on any atom is 0.244 e. The third-order valence-corrected chi connectivity index (χ3v) is 5.74. The van der Waals surface area contributed by atoms with Crippen molar-refractivity contribution in [3.05, 3.63) is 48.0 Å². The maximum atomic E-state index is 13.0. The Morgan fingerprint density at radius 1 is 1.28 bits per heavy atom. The van der Waals surface area contributed by atoms with Crippen LogP contribution in [0.25, 0.3) is 11.3 Å². The number of nitrogens with zero attached hydrogens (tertiary/aromatic N) is 1. The highest BCUT2D eigenvalue weighted by molar-refractivity contribution is 5.85. The smallest absolute Gasteiger partial charge is 0.244 e. The molecule has 2 saturated carbocycles. The fourth-order valence-electron chi connectivity index (χ4n) is 4.27. The Kier molecular flexibility index (Phi) is 3.94. The Bertz CT molecular complexity index is 811. The van der Waals surface area contributed by atoms with Gasteiger partial charge in [-0.1, -0.05) is 19.8 Å². The first-order chi connectivity index (χ1) is 12.1. The van der Waals surface area contributed by atoms with Gasteiger partial charge in [0, 0.05) is 11.5 Å². The fraction of sp³-hybridized carbons (Fsp3) is 0.400. The van der Waals surface area contributed by atoms with Crippen molar-refractivity contribution in [3.8, 4) is 11.3 Å². The Morgan fingerprint density at radius 3 is 2.80 bits per heavy atom. The van der Waals surface area contributed by atoms with E-state index < -0.39 is 0 Å². The zero-order valence-corrected chi connectivity index (χ0v) is 14.2. The summed E-state index contributed by atoms with van der Waals surface area (Å²) in [4.78, 5) is 12.3. The van der Waals surface area contributed by atoms with Gasteiger partial charge in [0.1, 0.15) is 17.3 Å². The number of hydrogen-bond donors (Lipinski definition) is 1. The largest absolute Gasteiger partial charge is 0.455 e. The average molecular weight is 340 g/mol. The summed E-state index contributed by atoms with van der Waals surface area (Å²) in [6, 6.07) is 9.67. The first-order valence-electron chi connectivity index (χ1n) is 8.77. The summed E-state index contributed by atoms with van der Waals surface area (Å²) in [5.74, 6) is 1.52. The summed E-state index contributed by atoms with van der Waals surface area (Å²) in [5, 5.41) is 4.03. The fourth-order valence-corrected chi connectivity index (χ4v) is 4.27. The van der Waals surface area contributed by atoms with Crippen LogP contribution in [0.3, 0.4) is 0 Å². The lowest BCUT2D eigenvalue weighted by molar-refractivity contribution is -0.123. The number of furan rings is 1. The topological polar surface area (TPSA) is 54.6 Å². The maximum absolute atomic E-state index is 13.0. The summed E-state index contributed by atoms with van der Waals surface area (Å²) in [6.45, 7) is 2.21. The molecular weight excluding hydrogens is 319 g/mol. The van der Waals surface area contributed by atoms with E-state index in [-0.39, 0.29) is 23.1 Å². The second kappa shape index (κ2) is 6.14. The number of amides is 1. The number of nitrogens with one attached hydrogen (secondary N) is 1. The second-order valence-corrected chi connectivity index (χ2v) is 7.28. The average Bonchev–Trinajstić information content (AvgIpc) is 2.96. The molecule has 3 atom stereocenters. The first kappa shape index (κ1) is 16.1. The number of halogens is 1. The number of hydrazone groups is 1. The number of hydrogen-bond acceptors (Lipinski definition) is 3. The number of benzene rings is 1. The van der Waals surface area contributed by atoms with Gasteiger partial charge < -0.3 is 4.42 Å². The van der Waals surface area contributed by atoms with Crippen LogP contribution >= 0.6 is 0 Å². The Hall–Kier alpha value is -2.43. The van der Waals surface area contributed by atoms with E-state index in [4.69, 9.17) is 4.42 Å². The van der Waals surface area contributed by atoms with E-state index in [1.807, 2.05) is 0 Å². The third kappa shape index (κ3) is 2.99. The molecule has 4 rings (SSSR count). The molecule has 1 aromatic carbocycles. The van der Waals surface area contributed by atoms with Crippen LogP contribution in [0.4, 0.5) is 4.39 Å². The van der Waals surface area contributed by atoms with Gasteiger partial charge in [0.2, 0.25) is 5.91 Å². The van der Waals surface area contributed by atoms with Gasteiger partial charge in [-0.05, 0) is 60.6 Å². The Labute approximate surface area is 146 Å². The molecule has 2 aliphatic rings. The predicted molar refractivity (Wildman–Crippen MR) is 93.4 cm³/mol. The molecule has 2 fully saturated rings. The summed E-state index contributed by atoms with van der Waals surface area (Å²) < 4.78 is 18.6. The van der Waals surface area contributed by atoms with Crippen LogP contribution in [0.2, 0.25) is 0 Å². The molecule has 1 heterocycles. The van der Waals surface area contributed by atoms with Crippen molar-refractivity contribution in [3.63, 3.8) is 0 Å². The highest BCUT2D eigenvalue weighted by atomic mass is 19.1. The minimum atomic E-state index is -0.283. The molecule has 1 amide bonds. The van der Waals surface area contributed by atoms with Gasteiger partial charge in [-0.25, -0.2) is 9.82 Å². The monoisotopic (exact) mass is 340 g/mol. The van der Waals surface area contributed by atoms with Gasteiger partial charge in [-0.15, -0.1) is 0 Å². The van der Waals surface area contributed by atoms with Crippen LogP contribution in [0, 0.1) is 23.1 Å². The van der Waals surface area contributed by atoms with Crippen LogP contribution in [-0.2, 0) is 4.79 Å². The van der Waals surface area contributed by atoms with Gasteiger partial charge in [-0.3, -0.25) is 4.79 Å². The molecule has 0 radical (unpaired) electrons. The van der Waals surface area contributed by atoms with E-state index in [0.717, 1.165) is 18.4 Å². The lowest BCUT2D eigenvalue weighted by atomic mass is 9.90. The van der Waals surface area contributed by atoms with E-state index >= 15 is 0 Å². The predicted octanol–water partition coefficient (Wildman–Crippen LogP) is 4.36. The zero-order chi connectivity index (χ0) is 17.4. The molecule has 2 aliphatic carbocycles. The first-order valence-corrected chi connectivity index (χ1v) is 8.77. The molecule has 4 nitrogen and oxygen atoms in total. The van der Waals surface area contributed by atoms with Crippen LogP contribution in [0.15, 0.2) is 45.9 Å². The number of carbonyl (C=O) groups is 1. The Balaban J connectivity index is 1.37. The lowest BCUT2D eigenvalue weighted by Gasteiger charge is -2.15. The van der Waals surface area contributed by atoms with Gasteiger partial charge in [0.25, 0.3) is 0 Å². The van der Waals surface area contributed by atoms with Gasteiger partial charge in [-0.2, -0.15) is 5.10 Å². The van der Waals surface area contributed by atoms with Gasteiger partial charge in [0.15, 0.2) is 0 Å². The van der Waals surface area contributed by atoms with E-state index in [1.54, 1.807) is 24.3 Å². The van der Waals surface area contributed by atoms with E-state index in [2.05, 4.69) is 17.5 Å². The summed E-state index contributed by atoms with van der Waals surface area (Å²) in [5.41, 5.74) is 3.62. The molecule has 0 bridgehead atoms. The van der Waals surface area contributed by atoms with Crippen molar-refractivity contribution < 1.29 is 13.6 Å². The number of carbonyl (C=O) groups excluding carboxylic acids is 1. The molecule has 0 saturated heterocycles. The third-order valence-electron chi connectivity index (χ3n) is 5.74. The van der Waals surface area contributed by atoms with Crippen LogP contribution in [-0.4, -0.2) is 12.1 Å². The Morgan fingerprint density at radius 2 is 2.08 bits per heavy atom. The van der Waals surface area contributed by atoms with Crippen molar-refractivity contribution in [2.45, 2.75) is 32.6 Å². The van der Waals surface area contributed by atoms with Crippen molar-refractivity contribution in [2.75, 3.05) is 0 Å². The lowest BCUT2D eigenvalue weighted by Crippen LogP contribution is -2.22. The highest BCUT2D eigenvalue weighted by Crippen LogP contribution is 2.66. The normalized spacial score (nSPS) is 27.9. The van der Waals surface area contributed by atoms with Gasteiger partial charge >= 0.3 is 0 Å². The van der Waals surface area contributed by atoms with Crippen molar-refractivity contribution >= 4 is 12.1 Å². The molecule has 1 N–H and O–H groups in total. The number of rotatable bonds is 4. The quantitative estimate of drug-likeness (QED) is 0.664. The van der Waals surface area contributed by atoms with Gasteiger partial charge in [0.05, 0.1) is 6.21 Å². The van der Waals surface area contributed by atoms with Crippen LogP contribution in [0.1, 0.15) is 38.4 Å². The molecule has 1 aromatic heterocycles. The van der Waals surface area contributed by atoms with E-state index in [9.17, 15) is 9.18 Å². The molecule has 2 aromatic rings. The van der Waals surface area contributed by atoms with Crippen molar-refractivity contribution in [1.82, 2.24) is 5.43 Å². The standard InChI is InChI=1S/C20H21FN2O2/c1-20-11-3-2-4-16(20)18(20)19(24)23-22-12-15-9-10-17(25-15)13-5-7-14(21)8-6-13/h5-10,12,16,18H,2-4,11H2,1H3,(H,23,24)/b22-12-/t16-,18+,20-/m0/s1. The molecule has 0 spiro atoms. The van der Waals surface area contributed by atoms with E-state index in [1.165, 1.54) is 31.2 Å². The second-order valence-electron chi connectivity index (χ2n) is 7.28. The zero-order valence-electron chi connectivity index (χ0n) is 14.2. The van der Waals surface area contributed by atoms with Crippen molar-refractivity contribution in [2.24, 2.45) is 22.4 Å². The summed E-state index contributed by atoms with van der Waals surface area (Å²) in [7, 11) is 0.